The van der Waals surface area contributed by atoms with E-state index in [4.69, 9.17) is 0 Å². The lowest BCUT2D eigenvalue weighted by molar-refractivity contribution is -0.120. The molecule has 1 saturated carbocycles. The highest BCUT2D eigenvalue weighted by Crippen LogP contribution is 2.71. The first-order valence-corrected chi connectivity index (χ1v) is 11.0. The predicted octanol–water partition coefficient (Wildman–Crippen LogP) is 4.37. The Balaban J connectivity index is 2.16. The van der Waals surface area contributed by atoms with Crippen molar-refractivity contribution in [1.29, 1.82) is 0 Å². The Morgan fingerprint density at radius 1 is 1.11 bits per heavy atom. The SMILES string of the molecule is CC1=C(C)[C@@]2(C)C[C@]1(C)[C@@H]1C=C([Si](C)(C)C)C(=O)[C@@H]12. The smallest absolute Gasteiger partial charge is 0.159 e. The molecule has 1 fully saturated rings. The van der Waals surface area contributed by atoms with E-state index in [-0.39, 0.29) is 16.7 Å². The van der Waals surface area contributed by atoms with Crippen LogP contribution >= 0.6 is 0 Å². The molecule has 3 aliphatic carbocycles. The molecule has 0 spiro atoms. The zero-order valence-corrected chi connectivity index (χ0v) is 14.3. The molecule has 0 aromatic rings. The van der Waals surface area contributed by atoms with Gasteiger partial charge in [-0.2, -0.15) is 0 Å². The molecule has 2 bridgehead atoms. The van der Waals surface area contributed by atoms with Crippen molar-refractivity contribution < 1.29 is 4.79 Å². The van der Waals surface area contributed by atoms with Crippen LogP contribution in [0.3, 0.4) is 0 Å². The minimum atomic E-state index is -1.50. The van der Waals surface area contributed by atoms with Gasteiger partial charge in [-0.05, 0) is 42.2 Å². The van der Waals surface area contributed by atoms with Crippen LogP contribution in [0.15, 0.2) is 22.4 Å². The number of carbonyl (C=O) groups is 1. The van der Waals surface area contributed by atoms with Crippen molar-refractivity contribution in [3.63, 3.8) is 0 Å². The summed E-state index contributed by atoms with van der Waals surface area (Å²) >= 11 is 0. The third kappa shape index (κ3) is 1.34. The zero-order valence-electron chi connectivity index (χ0n) is 13.3. The fraction of sp³-hybridized carbons (Fsp3) is 0.706. The predicted molar refractivity (Wildman–Crippen MR) is 82.6 cm³/mol. The van der Waals surface area contributed by atoms with Gasteiger partial charge in [-0.3, -0.25) is 4.79 Å². The molecule has 0 N–H and O–H groups in total. The number of Topliss-reactive ketones (excluding diaryl/α,β-unsaturated/α-hetero) is 1. The van der Waals surface area contributed by atoms with Crippen LogP contribution in [0.25, 0.3) is 0 Å². The molecule has 0 aromatic carbocycles. The zero-order chi connectivity index (χ0) is 14.4. The summed E-state index contributed by atoms with van der Waals surface area (Å²) < 4.78 is 0. The maximum Gasteiger partial charge on any atom is 0.159 e. The highest BCUT2D eigenvalue weighted by atomic mass is 28.3. The Kier molecular flexibility index (Phi) is 2.34. The van der Waals surface area contributed by atoms with Crippen molar-refractivity contribution in [3.8, 4) is 0 Å². The Bertz CT molecular complexity index is 548. The second-order valence-electron chi connectivity index (χ2n) is 8.46. The van der Waals surface area contributed by atoms with Gasteiger partial charge in [-0.1, -0.05) is 50.7 Å². The van der Waals surface area contributed by atoms with Gasteiger partial charge in [0.1, 0.15) is 0 Å². The van der Waals surface area contributed by atoms with E-state index in [0.29, 0.717) is 11.7 Å². The monoisotopic (exact) mass is 274 g/mol. The van der Waals surface area contributed by atoms with E-state index in [2.05, 4.69) is 53.4 Å². The molecule has 104 valence electrons. The fourth-order valence-corrected chi connectivity index (χ4v) is 6.72. The summed E-state index contributed by atoms with van der Waals surface area (Å²) in [6.07, 6.45) is 3.56. The van der Waals surface area contributed by atoms with E-state index in [0.717, 1.165) is 0 Å². The summed E-state index contributed by atoms with van der Waals surface area (Å²) in [7, 11) is -1.50. The average Bonchev–Trinajstić information content (AvgIpc) is 2.79. The lowest BCUT2D eigenvalue weighted by Crippen LogP contribution is -2.37. The first kappa shape index (κ1) is 13.4. The molecule has 2 heteroatoms. The molecule has 0 aliphatic heterocycles. The van der Waals surface area contributed by atoms with Crippen molar-refractivity contribution in [2.24, 2.45) is 22.7 Å². The van der Waals surface area contributed by atoms with Crippen molar-refractivity contribution >= 4 is 13.9 Å². The molecule has 0 saturated heterocycles. The molecule has 3 aliphatic rings. The van der Waals surface area contributed by atoms with Gasteiger partial charge in [0.15, 0.2) is 5.78 Å². The normalized spacial score (nSPS) is 45.0. The molecule has 3 rings (SSSR count). The van der Waals surface area contributed by atoms with E-state index in [1.165, 1.54) is 17.2 Å². The van der Waals surface area contributed by atoms with Gasteiger partial charge < -0.3 is 0 Å². The third-order valence-electron chi connectivity index (χ3n) is 6.49. The number of hydrogen-bond acceptors (Lipinski definition) is 1. The van der Waals surface area contributed by atoms with Gasteiger partial charge in [-0.25, -0.2) is 0 Å². The molecule has 19 heavy (non-hydrogen) atoms. The number of hydrogen-bond donors (Lipinski definition) is 0. The van der Waals surface area contributed by atoms with Crippen LogP contribution in [0, 0.1) is 22.7 Å². The van der Waals surface area contributed by atoms with Crippen LogP contribution < -0.4 is 0 Å². The molecule has 0 aromatic heterocycles. The summed E-state index contributed by atoms with van der Waals surface area (Å²) in [6.45, 7) is 16.2. The van der Waals surface area contributed by atoms with Gasteiger partial charge in [0.05, 0.1) is 8.07 Å². The van der Waals surface area contributed by atoms with Crippen LogP contribution in [0.5, 0.6) is 0 Å². The second-order valence-corrected chi connectivity index (χ2v) is 13.5. The lowest BCUT2D eigenvalue weighted by atomic mass is 9.66. The summed E-state index contributed by atoms with van der Waals surface area (Å²) in [4.78, 5) is 13.0. The standard InChI is InChI=1S/C17H26OSi/c1-10-11(2)17(4)9-16(10,3)12-8-13(19(5,6)7)15(18)14(12)17/h8,12,14H,9H2,1-7H3/t12-,14-,16+,17-/m1/s1. The van der Waals surface area contributed by atoms with Gasteiger partial charge in [0.25, 0.3) is 0 Å². The highest BCUT2D eigenvalue weighted by Gasteiger charge is 2.67. The van der Waals surface area contributed by atoms with Crippen LogP contribution in [-0.2, 0) is 4.79 Å². The van der Waals surface area contributed by atoms with Crippen LogP contribution in [0.2, 0.25) is 19.6 Å². The summed E-state index contributed by atoms with van der Waals surface area (Å²) in [5, 5.41) is 1.21. The minimum absolute atomic E-state index is 0.123. The maximum absolute atomic E-state index is 13.0. The number of carbonyl (C=O) groups excluding carboxylic acids is 1. The Hall–Kier alpha value is -0.633. The maximum atomic E-state index is 13.0. The van der Waals surface area contributed by atoms with Crippen LogP contribution in [0.4, 0.5) is 0 Å². The molecular weight excluding hydrogens is 248 g/mol. The van der Waals surface area contributed by atoms with Crippen molar-refractivity contribution in [3.05, 3.63) is 22.4 Å². The lowest BCUT2D eigenvalue weighted by Gasteiger charge is -2.36. The molecule has 4 atom stereocenters. The largest absolute Gasteiger partial charge is 0.295 e. The Labute approximate surface area is 118 Å². The number of allylic oxidation sites excluding steroid dienone is 4. The van der Waals surface area contributed by atoms with Crippen molar-refractivity contribution in [2.75, 3.05) is 0 Å². The fourth-order valence-electron chi connectivity index (χ4n) is 5.14. The molecule has 0 radical (unpaired) electrons. The molecule has 1 nitrogen and oxygen atoms in total. The van der Waals surface area contributed by atoms with E-state index >= 15 is 0 Å². The minimum Gasteiger partial charge on any atom is -0.295 e. The molecule has 0 heterocycles. The first-order valence-electron chi connectivity index (χ1n) is 7.48. The second kappa shape index (κ2) is 3.33. The topological polar surface area (TPSA) is 17.1 Å². The van der Waals surface area contributed by atoms with Crippen LogP contribution in [-0.4, -0.2) is 13.9 Å². The van der Waals surface area contributed by atoms with E-state index in [1.54, 1.807) is 5.57 Å². The Morgan fingerprint density at radius 2 is 1.63 bits per heavy atom. The number of fused-ring (bicyclic) bond motifs is 5. The summed E-state index contributed by atoms with van der Waals surface area (Å²) in [5.41, 5.74) is 3.41. The number of rotatable bonds is 1. The molecular formula is C17H26OSi. The summed E-state index contributed by atoms with van der Waals surface area (Å²) in [6, 6.07) is 0. The van der Waals surface area contributed by atoms with E-state index in [9.17, 15) is 4.79 Å². The van der Waals surface area contributed by atoms with Crippen molar-refractivity contribution in [2.45, 2.75) is 53.8 Å². The molecule has 0 unspecified atom stereocenters. The van der Waals surface area contributed by atoms with Gasteiger partial charge in [-0.15, -0.1) is 0 Å². The highest BCUT2D eigenvalue weighted by molar-refractivity contribution is 6.87. The van der Waals surface area contributed by atoms with Gasteiger partial charge in [0.2, 0.25) is 0 Å². The molecule has 0 amide bonds. The van der Waals surface area contributed by atoms with E-state index in [1.807, 2.05) is 0 Å². The van der Waals surface area contributed by atoms with Gasteiger partial charge >= 0.3 is 0 Å². The third-order valence-corrected chi connectivity index (χ3v) is 8.52. The van der Waals surface area contributed by atoms with Gasteiger partial charge in [0, 0.05) is 5.92 Å². The average molecular weight is 274 g/mol. The Morgan fingerprint density at radius 3 is 2.16 bits per heavy atom. The van der Waals surface area contributed by atoms with Crippen LogP contribution in [0.1, 0.15) is 34.1 Å². The van der Waals surface area contributed by atoms with Crippen molar-refractivity contribution in [1.82, 2.24) is 0 Å². The first-order chi connectivity index (χ1) is 8.53. The summed E-state index contributed by atoms with van der Waals surface area (Å²) in [5.74, 6) is 1.19. The van der Waals surface area contributed by atoms with E-state index < -0.39 is 8.07 Å². The number of ketones is 1. The quantitative estimate of drug-likeness (QED) is 0.512.